The van der Waals surface area contributed by atoms with Crippen LogP contribution in [-0.4, -0.2) is 21.1 Å². The molecular weight excluding hydrogens is 282 g/mol. The molecule has 0 aliphatic heterocycles. The van der Waals surface area contributed by atoms with Gasteiger partial charge in [-0.3, -0.25) is 14.8 Å². The number of rotatable bonds is 8. The van der Waals surface area contributed by atoms with Crippen molar-refractivity contribution in [3.05, 3.63) is 40.4 Å². The van der Waals surface area contributed by atoms with Gasteiger partial charge < -0.3 is 4.98 Å². The van der Waals surface area contributed by atoms with Gasteiger partial charge in [-0.05, 0) is 25.0 Å². The third-order valence-corrected chi connectivity index (χ3v) is 3.60. The summed E-state index contributed by atoms with van der Waals surface area (Å²) in [6.45, 7) is 0. The second-order valence-electron chi connectivity index (χ2n) is 5.33. The Hall–Kier alpha value is -2.21. The number of hydrogen-bond donors (Lipinski definition) is 3. The van der Waals surface area contributed by atoms with E-state index >= 15 is 0 Å². The molecule has 0 fully saturated rings. The number of H-pyrrole nitrogens is 1. The number of aryl methyl sites for hydroxylation is 1. The van der Waals surface area contributed by atoms with Crippen molar-refractivity contribution in [2.75, 3.05) is 0 Å². The van der Waals surface area contributed by atoms with E-state index in [4.69, 9.17) is 5.21 Å². The Morgan fingerprint density at radius 2 is 1.86 bits per heavy atom. The molecule has 0 atom stereocenters. The Bertz CT molecular complexity index is 682. The highest BCUT2D eigenvalue weighted by Crippen LogP contribution is 2.10. The van der Waals surface area contributed by atoms with Crippen LogP contribution in [0.5, 0.6) is 0 Å². The molecule has 1 aromatic heterocycles. The molecule has 1 aromatic carbocycles. The van der Waals surface area contributed by atoms with Gasteiger partial charge in [0.25, 0.3) is 5.56 Å². The van der Waals surface area contributed by atoms with E-state index in [0.29, 0.717) is 11.8 Å². The summed E-state index contributed by atoms with van der Waals surface area (Å²) in [6.07, 6.45) is 5.83. The fourth-order valence-corrected chi connectivity index (χ4v) is 2.42. The van der Waals surface area contributed by atoms with Crippen LogP contribution in [0.2, 0.25) is 0 Å². The molecule has 2 rings (SSSR count). The molecule has 0 radical (unpaired) electrons. The summed E-state index contributed by atoms with van der Waals surface area (Å²) in [5.41, 5.74) is 2.27. The number of nitrogens with zero attached hydrogens (tertiary/aromatic N) is 1. The molecule has 0 aliphatic carbocycles. The number of aromatic amines is 1. The van der Waals surface area contributed by atoms with Crippen LogP contribution in [0, 0.1) is 0 Å². The highest BCUT2D eigenvalue weighted by Gasteiger charge is 2.03. The third kappa shape index (κ3) is 4.66. The maximum atomic E-state index is 11.9. The minimum Gasteiger partial charge on any atom is -0.310 e. The minimum atomic E-state index is -0.335. The van der Waals surface area contributed by atoms with E-state index in [-0.39, 0.29) is 11.5 Å². The number of para-hydroxylation sites is 1. The third-order valence-electron chi connectivity index (χ3n) is 3.60. The monoisotopic (exact) mass is 303 g/mol. The van der Waals surface area contributed by atoms with Crippen LogP contribution in [0.3, 0.4) is 0 Å². The Balaban J connectivity index is 1.73. The normalized spacial score (nSPS) is 10.8. The summed E-state index contributed by atoms with van der Waals surface area (Å²) in [6, 6.07) is 7.32. The molecule has 0 unspecified atom stereocenters. The lowest BCUT2D eigenvalue weighted by atomic mass is 10.1. The SMILES string of the molecule is O=C(CCCCCCCc1nc2ccccc2c(=O)[nH]1)NO. The number of carbonyl (C=O) groups excluding carboxylic acids is 1. The maximum absolute atomic E-state index is 11.9. The zero-order chi connectivity index (χ0) is 15.8. The largest absolute Gasteiger partial charge is 0.310 e. The van der Waals surface area contributed by atoms with Crippen LogP contribution in [0.4, 0.5) is 0 Å². The van der Waals surface area contributed by atoms with Crippen molar-refractivity contribution in [2.45, 2.75) is 44.9 Å². The zero-order valence-electron chi connectivity index (χ0n) is 12.5. The van der Waals surface area contributed by atoms with Crippen molar-refractivity contribution in [3.63, 3.8) is 0 Å². The lowest BCUT2D eigenvalue weighted by Gasteiger charge is -2.03. The first-order chi connectivity index (χ1) is 10.7. The van der Waals surface area contributed by atoms with Crippen molar-refractivity contribution in [1.29, 1.82) is 0 Å². The summed E-state index contributed by atoms with van der Waals surface area (Å²) in [4.78, 5) is 30.0. The number of carbonyl (C=O) groups is 1. The van der Waals surface area contributed by atoms with Crippen molar-refractivity contribution >= 4 is 16.8 Å². The summed E-state index contributed by atoms with van der Waals surface area (Å²) < 4.78 is 0. The number of hydroxylamine groups is 1. The predicted molar refractivity (Wildman–Crippen MR) is 83.7 cm³/mol. The quantitative estimate of drug-likeness (QED) is 0.396. The Labute approximate surface area is 128 Å². The van der Waals surface area contributed by atoms with E-state index in [1.165, 1.54) is 0 Å². The Morgan fingerprint density at radius 1 is 1.14 bits per heavy atom. The molecule has 0 saturated carbocycles. The maximum Gasteiger partial charge on any atom is 0.258 e. The number of unbranched alkanes of at least 4 members (excludes halogenated alkanes) is 4. The molecule has 118 valence electrons. The van der Waals surface area contributed by atoms with Gasteiger partial charge in [-0.25, -0.2) is 10.5 Å². The topological polar surface area (TPSA) is 95.1 Å². The van der Waals surface area contributed by atoms with Crippen LogP contribution >= 0.6 is 0 Å². The van der Waals surface area contributed by atoms with E-state index in [0.717, 1.165) is 49.9 Å². The lowest BCUT2D eigenvalue weighted by molar-refractivity contribution is -0.129. The molecule has 22 heavy (non-hydrogen) atoms. The van der Waals surface area contributed by atoms with E-state index in [2.05, 4.69) is 9.97 Å². The van der Waals surface area contributed by atoms with E-state index in [9.17, 15) is 9.59 Å². The van der Waals surface area contributed by atoms with E-state index in [1.807, 2.05) is 18.2 Å². The van der Waals surface area contributed by atoms with Crippen molar-refractivity contribution in [3.8, 4) is 0 Å². The zero-order valence-corrected chi connectivity index (χ0v) is 12.5. The van der Waals surface area contributed by atoms with Crippen LogP contribution in [0.15, 0.2) is 29.1 Å². The minimum absolute atomic E-state index is 0.0874. The average molecular weight is 303 g/mol. The molecule has 2 aromatic rings. The predicted octanol–water partition coefficient (Wildman–Crippen LogP) is 2.31. The fraction of sp³-hybridized carbons (Fsp3) is 0.438. The van der Waals surface area contributed by atoms with Crippen LogP contribution in [0.25, 0.3) is 10.9 Å². The number of fused-ring (bicyclic) bond motifs is 1. The first-order valence-corrected chi connectivity index (χ1v) is 7.61. The van der Waals surface area contributed by atoms with Crippen molar-refractivity contribution in [1.82, 2.24) is 15.4 Å². The smallest absolute Gasteiger partial charge is 0.258 e. The van der Waals surface area contributed by atoms with Crippen LogP contribution < -0.4 is 11.0 Å². The molecule has 1 heterocycles. The highest BCUT2D eigenvalue weighted by atomic mass is 16.5. The first kappa shape index (κ1) is 16.2. The number of nitrogens with one attached hydrogen (secondary N) is 2. The van der Waals surface area contributed by atoms with Gasteiger partial charge in [-0.1, -0.05) is 31.4 Å². The summed E-state index contributed by atoms with van der Waals surface area (Å²) in [7, 11) is 0. The average Bonchev–Trinajstić information content (AvgIpc) is 2.53. The van der Waals surface area contributed by atoms with E-state index < -0.39 is 0 Å². The molecule has 6 heteroatoms. The van der Waals surface area contributed by atoms with Crippen LogP contribution in [0.1, 0.15) is 44.3 Å². The van der Waals surface area contributed by atoms with Gasteiger partial charge >= 0.3 is 0 Å². The molecule has 6 nitrogen and oxygen atoms in total. The first-order valence-electron chi connectivity index (χ1n) is 7.61. The van der Waals surface area contributed by atoms with Crippen molar-refractivity contribution < 1.29 is 10.0 Å². The number of hydrogen-bond acceptors (Lipinski definition) is 4. The van der Waals surface area contributed by atoms with Gasteiger partial charge in [0, 0.05) is 12.8 Å². The van der Waals surface area contributed by atoms with Crippen LogP contribution in [-0.2, 0) is 11.2 Å². The molecule has 0 aliphatic rings. The van der Waals surface area contributed by atoms with Gasteiger partial charge in [0.05, 0.1) is 10.9 Å². The Morgan fingerprint density at radius 3 is 2.68 bits per heavy atom. The van der Waals surface area contributed by atoms with Gasteiger partial charge in [0.2, 0.25) is 5.91 Å². The number of amides is 1. The molecular formula is C16H21N3O3. The van der Waals surface area contributed by atoms with E-state index in [1.54, 1.807) is 11.5 Å². The fourth-order valence-electron chi connectivity index (χ4n) is 2.42. The standard InChI is InChI=1S/C16H21N3O3/c20-15(19-22)11-5-3-1-2-4-10-14-17-13-9-7-6-8-12(13)16(21)18-14/h6-9,22H,1-5,10-11H2,(H,19,20)(H,17,18,21). The molecule has 0 spiro atoms. The summed E-state index contributed by atoms with van der Waals surface area (Å²) in [5.74, 6) is 0.390. The molecule has 0 saturated heterocycles. The second kappa shape index (κ2) is 8.29. The number of benzene rings is 1. The van der Waals surface area contributed by atoms with Gasteiger partial charge in [0.1, 0.15) is 5.82 Å². The second-order valence-corrected chi connectivity index (χ2v) is 5.33. The van der Waals surface area contributed by atoms with Crippen molar-refractivity contribution in [2.24, 2.45) is 0 Å². The van der Waals surface area contributed by atoms with Gasteiger partial charge in [0.15, 0.2) is 0 Å². The molecule has 3 N–H and O–H groups in total. The highest BCUT2D eigenvalue weighted by molar-refractivity contribution is 5.77. The summed E-state index contributed by atoms with van der Waals surface area (Å²) >= 11 is 0. The summed E-state index contributed by atoms with van der Waals surface area (Å²) in [5, 5.41) is 8.98. The van der Waals surface area contributed by atoms with Gasteiger partial charge in [-0.15, -0.1) is 0 Å². The molecule has 1 amide bonds. The van der Waals surface area contributed by atoms with Gasteiger partial charge in [-0.2, -0.15) is 0 Å². The Kier molecular flexibility index (Phi) is 6.09. The lowest BCUT2D eigenvalue weighted by Crippen LogP contribution is -2.17. The molecule has 0 bridgehead atoms. The number of aromatic nitrogens is 2.